The molecule has 5 heteroatoms. The smallest absolute Gasteiger partial charge is 0.221 e. The molecule has 0 aromatic heterocycles. The van der Waals surface area contributed by atoms with E-state index in [9.17, 15) is 4.79 Å². The minimum absolute atomic E-state index is 0.0148. The van der Waals surface area contributed by atoms with E-state index in [1.165, 1.54) is 6.92 Å². The number of anilines is 2. The first-order valence-electron chi connectivity index (χ1n) is 6.18. The van der Waals surface area contributed by atoms with E-state index in [0.717, 1.165) is 16.9 Å². The molecule has 2 N–H and O–H groups in total. The van der Waals surface area contributed by atoms with Crippen LogP contribution in [0, 0.1) is 6.92 Å². The van der Waals surface area contributed by atoms with Crippen LogP contribution >= 0.6 is 0 Å². The van der Waals surface area contributed by atoms with Gasteiger partial charge >= 0.3 is 0 Å². The van der Waals surface area contributed by atoms with Gasteiger partial charge in [-0.1, -0.05) is 0 Å². The number of carbonyl (C=O) groups excluding carboxylic acids is 1. The van der Waals surface area contributed by atoms with E-state index in [0.29, 0.717) is 0 Å². The minimum Gasteiger partial charge on any atom is -0.377 e. The summed E-state index contributed by atoms with van der Waals surface area (Å²) in [5, 5.41) is 6.09. The number of hydrogen-bond donors (Lipinski definition) is 2. The average molecular weight is 266 g/mol. The van der Waals surface area contributed by atoms with Gasteiger partial charge in [-0.2, -0.15) is 0 Å². The zero-order valence-electron chi connectivity index (χ0n) is 12.1. The van der Waals surface area contributed by atoms with Gasteiger partial charge < -0.3 is 20.1 Å². The molecule has 0 aliphatic heterocycles. The molecule has 106 valence electrons. The number of ether oxygens (including phenoxy) is 2. The Morgan fingerprint density at radius 2 is 1.89 bits per heavy atom. The van der Waals surface area contributed by atoms with Gasteiger partial charge in [0.25, 0.3) is 0 Å². The lowest BCUT2D eigenvalue weighted by atomic mass is 10.1. The van der Waals surface area contributed by atoms with Crippen LogP contribution in [-0.2, 0) is 14.3 Å². The van der Waals surface area contributed by atoms with Gasteiger partial charge in [0.15, 0.2) is 6.29 Å². The molecule has 0 bridgehead atoms. The molecule has 1 unspecified atom stereocenters. The topological polar surface area (TPSA) is 59.6 Å². The fourth-order valence-electron chi connectivity index (χ4n) is 1.92. The maximum atomic E-state index is 11.0. The van der Waals surface area contributed by atoms with Crippen LogP contribution in [0.5, 0.6) is 0 Å². The number of hydrogen-bond acceptors (Lipinski definition) is 4. The number of benzene rings is 1. The van der Waals surface area contributed by atoms with Crippen molar-refractivity contribution in [3.63, 3.8) is 0 Å². The lowest BCUT2D eigenvalue weighted by Gasteiger charge is -2.23. The summed E-state index contributed by atoms with van der Waals surface area (Å²) in [5.41, 5.74) is 2.78. The van der Waals surface area contributed by atoms with Crippen molar-refractivity contribution in [1.29, 1.82) is 0 Å². The van der Waals surface area contributed by atoms with E-state index < -0.39 is 0 Å². The maximum absolute atomic E-state index is 11.0. The van der Waals surface area contributed by atoms with Crippen LogP contribution in [-0.4, -0.2) is 32.5 Å². The summed E-state index contributed by atoms with van der Waals surface area (Å²) in [7, 11) is 3.22. The van der Waals surface area contributed by atoms with E-state index in [4.69, 9.17) is 9.47 Å². The molecule has 0 radical (unpaired) electrons. The predicted octanol–water partition coefficient (Wildman–Crippen LogP) is 2.37. The first-order chi connectivity index (χ1) is 8.97. The van der Waals surface area contributed by atoms with Crippen LogP contribution in [0.3, 0.4) is 0 Å². The second kappa shape index (κ2) is 7.11. The minimum atomic E-state index is -0.310. The van der Waals surface area contributed by atoms with Gasteiger partial charge in [0.05, 0.1) is 6.04 Å². The van der Waals surface area contributed by atoms with Crippen molar-refractivity contribution in [3.8, 4) is 0 Å². The zero-order valence-corrected chi connectivity index (χ0v) is 12.1. The fourth-order valence-corrected chi connectivity index (χ4v) is 1.92. The quantitative estimate of drug-likeness (QED) is 0.776. The largest absolute Gasteiger partial charge is 0.377 e. The number of rotatable bonds is 6. The summed E-state index contributed by atoms with van der Waals surface area (Å²) in [5.74, 6) is -0.0731. The Balaban J connectivity index is 2.75. The molecule has 0 aliphatic rings. The molecule has 1 atom stereocenters. The fraction of sp³-hybridized carbons (Fsp3) is 0.500. The molecule has 19 heavy (non-hydrogen) atoms. The standard InChI is InChI=1S/C14H22N2O3/c1-9-8-12(6-7-13(9)16-11(3)17)15-10(2)14(18-4)19-5/h6-8,10,14-15H,1-5H3,(H,16,17). The van der Waals surface area contributed by atoms with Gasteiger partial charge in [-0.05, 0) is 37.6 Å². The highest BCUT2D eigenvalue weighted by atomic mass is 16.7. The molecule has 0 spiro atoms. The summed E-state index contributed by atoms with van der Waals surface area (Å²) in [6.45, 7) is 5.43. The average Bonchev–Trinajstić information content (AvgIpc) is 2.33. The second-order valence-electron chi connectivity index (χ2n) is 4.48. The molecule has 0 saturated heterocycles. The van der Waals surface area contributed by atoms with Crippen LogP contribution in [0.25, 0.3) is 0 Å². The molecule has 0 fully saturated rings. The van der Waals surface area contributed by atoms with Crippen LogP contribution in [0.15, 0.2) is 18.2 Å². The van der Waals surface area contributed by atoms with Crippen LogP contribution in [0.2, 0.25) is 0 Å². The molecular weight excluding hydrogens is 244 g/mol. The molecule has 0 saturated carbocycles. The third kappa shape index (κ3) is 4.54. The van der Waals surface area contributed by atoms with Gasteiger partial charge in [-0.3, -0.25) is 4.79 Å². The van der Waals surface area contributed by atoms with Crippen molar-refractivity contribution >= 4 is 17.3 Å². The molecule has 1 aromatic rings. The summed E-state index contributed by atoms with van der Waals surface area (Å²) in [6.07, 6.45) is -0.310. The van der Waals surface area contributed by atoms with Crippen molar-refractivity contribution in [2.75, 3.05) is 24.9 Å². The van der Waals surface area contributed by atoms with E-state index in [2.05, 4.69) is 10.6 Å². The van der Waals surface area contributed by atoms with Crippen LogP contribution < -0.4 is 10.6 Å². The number of aryl methyl sites for hydroxylation is 1. The first kappa shape index (κ1) is 15.5. The third-order valence-corrected chi connectivity index (χ3v) is 2.80. The highest BCUT2D eigenvalue weighted by Crippen LogP contribution is 2.21. The van der Waals surface area contributed by atoms with Crippen molar-refractivity contribution in [3.05, 3.63) is 23.8 Å². The highest BCUT2D eigenvalue weighted by Gasteiger charge is 2.15. The molecule has 1 amide bonds. The van der Waals surface area contributed by atoms with Gasteiger partial charge in [-0.15, -0.1) is 0 Å². The van der Waals surface area contributed by atoms with Crippen molar-refractivity contribution in [1.82, 2.24) is 0 Å². The maximum Gasteiger partial charge on any atom is 0.221 e. The monoisotopic (exact) mass is 266 g/mol. The summed E-state index contributed by atoms with van der Waals surface area (Å²) in [4.78, 5) is 11.0. The number of methoxy groups -OCH3 is 2. The van der Waals surface area contributed by atoms with Crippen molar-refractivity contribution in [2.45, 2.75) is 33.1 Å². The Bertz CT molecular complexity index is 431. The van der Waals surface area contributed by atoms with Crippen molar-refractivity contribution in [2.24, 2.45) is 0 Å². The van der Waals surface area contributed by atoms with Gasteiger partial charge in [-0.25, -0.2) is 0 Å². The normalized spacial score (nSPS) is 12.3. The molecule has 1 aromatic carbocycles. The zero-order chi connectivity index (χ0) is 14.4. The summed E-state index contributed by atoms with van der Waals surface area (Å²) >= 11 is 0. The first-order valence-corrected chi connectivity index (χ1v) is 6.18. The Morgan fingerprint density at radius 3 is 2.37 bits per heavy atom. The van der Waals surface area contributed by atoms with Gasteiger partial charge in [0, 0.05) is 32.5 Å². The summed E-state index contributed by atoms with van der Waals surface area (Å²) < 4.78 is 10.4. The Labute approximate surface area is 114 Å². The number of nitrogens with one attached hydrogen (secondary N) is 2. The van der Waals surface area contributed by atoms with E-state index in [1.807, 2.05) is 32.0 Å². The molecule has 0 aliphatic carbocycles. The number of carbonyl (C=O) groups is 1. The van der Waals surface area contributed by atoms with Crippen LogP contribution in [0.1, 0.15) is 19.4 Å². The molecule has 1 rings (SSSR count). The van der Waals surface area contributed by atoms with Crippen molar-refractivity contribution < 1.29 is 14.3 Å². The summed E-state index contributed by atoms with van der Waals surface area (Å²) in [6, 6.07) is 5.78. The van der Waals surface area contributed by atoms with Gasteiger partial charge in [0.2, 0.25) is 5.91 Å². The lowest BCUT2D eigenvalue weighted by molar-refractivity contribution is -0.114. The number of amides is 1. The second-order valence-corrected chi connectivity index (χ2v) is 4.48. The Morgan fingerprint density at radius 1 is 1.26 bits per heavy atom. The Hall–Kier alpha value is -1.59. The Kier molecular flexibility index (Phi) is 5.79. The van der Waals surface area contributed by atoms with E-state index in [1.54, 1.807) is 14.2 Å². The van der Waals surface area contributed by atoms with Gasteiger partial charge in [0.1, 0.15) is 0 Å². The van der Waals surface area contributed by atoms with Crippen LogP contribution in [0.4, 0.5) is 11.4 Å². The van der Waals surface area contributed by atoms with E-state index in [-0.39, 0.29) is 18.2 Å². The lowest BCUT2D eigenvalue weighted by Crippen LogP contribution is -2.33. The SMILES string of the molecule is COC(OC)C(C)Nc1ccc(NC(C)=O)c(C)c1. The highest BCUT2D eigenvalue weighted by molar-refractivity contribution is 5.89. The third-order valence-electron chi connectivity index (χ3n) is 2.80. The predicted molar refractivity (Wildman–Crippen MR) is 76.4 cm³/mol. The molecular formula is C14H22N2O3. The molecule has 0 heterocycles. The van der Waals surface area contributed by atoms with E-state index >= 15 is 0 Å². The molecule has 5 nitrogen and oxygen atoms in total.